The number of aryl methyl sites for hydroxylation is 1. The minimum absolute atomic E-state index is 0.137. The van der Waals surface area contributed by atoms with Crippen molar-refractivity contribution < 1.29 is 9.21 Å². The van der Waals surface area contributed by atoms with Crippen molar-refractivity contribution in [1.29, 1.82) is 0 Å². The molecule has 1 amide bonds. The molecule has 1 heterocycles. The Labute approximate surface area is 116 Å². The summed E-state index contributed by atoms with van der Waals surface area (Å²) in [4.78, 5) is 11.7. The second-order valence-corrected chi connectivity index (χ2v) is 5.30. The van der Waals surface area contributed by atoms with E-state index in [1.807, 2.05) is 19.1 Å². The summed E-state index contributed by atoms with van der Waals surface area (Å²) in [6, 6.07) is 4.53. The van der Waals surface area contributed by atoms with Gasteiger partial charge in [-0.25, -0.2) is 0 Å². The van der Waals surface area contributed by atoms with Gasteiger partial charge in [0.25, 0.3) is 0 Å². The van der Waals surface area contributed by atoms with Crippen LogP contribution in [0.1, 0.15) is 45.8 Å². The summed E-state index contributed by atoms with van der Waals surface area (Å²) in [6.07, 6.45) is 4.92. The van der Waals surface area contributed by atoms with Crippen molar-refractivity contribution in [2.24, 2.45) is 0 Å². The fourth-order valence-corrected chi connectivity index (χ4v) is 1.87. The maximum Gasteiger partial charge on any atom is 0.220 e. The smallest absolute Gasteiger partial charge is 0.220 e. The molecule has 1 unspecified atom stereocenters. The molecule has 0 bridgehead atoms. The van der Waals surface area contributed by atoms with Crippen LogP contribution in [0.4, 0.5) is 0 Å². The minimum Gasteiger partial charge on any atom is -0.469 e. The molecule has 4 nitrogen and oxygen atoms in total. The number of furan rings is 1. The topological polar surface area (TPSA) is 54.3 Å². The van der Waals surface area contributed by atoms with Gasteiger partial charge in [0, 0.05) is 24.9 Å². The van der Waals surface area contributed by atoms with E-state index >= 15 is 0 Å². The molecule has 0 aromatic carbocycles. The highest BCUT2D eigenvalue weighted by Crippen LogP contribution is 2.05. The van der Waals surface area contributed by atoms with Gasteiger partial charge < -0.3 is 15.1 Å². The van der Waals surface area contributed by atoms with Gasteiger partial charge >= 0.3 is 0 Å². The third kappa shape index (κ3) is 7.67. The highest BCUT2D eigenvalue weighted by molar-refractivity contribution is 5.76. The molecule has 0 fully saturated rings. The van der Waals surface area contributed by atoms with Gasteiger partial charge in [-0.3, -0.25) is 4.79 Å². The average Bonchev–Trinajstić information content (AvgIpc) is 2.85. The molecule has 0 saturated carbocycles. The zero-order valence-corrected chi connectivity index (χ0v) is 12.2. The number of hydrogen-bond donors (Lipinski definition) is 2. The Balaban J connectivity index is 2.07. The summed E-state index contributed by atoms with van der Waals surface area (Å²) in [5.41, 5.74) is 0. The molecule has 0 aliphatic heterocycles. The molecule has 0 saturated heterocycles. The fourth-order valence-electron chi connectivity index (χ4n) is 1.87. The molecular formula is C15H26N2O2. The molecule has 19 heavy (non-hydrogen) atoms. The number of amides is 1. The third-order valence-electron chi connectivity index (χ3n) is 2.94. The lowest BCUT2D eigenvalue weighted by Crippen LogP contribution is -2.33. The van der Waals surface area contributed by atoms with E-state index in [2.05, 4.69) is 24.5 Å². The van der Waals surface area contributed by atoms with Crippen LogP contribution in [0, 0.1) is 0 Å². The van der Waals surface area contributed by atoms with Gasteiger partial charge in [0.2, 0.25) is 5.91 Å². The molecule has 4 heteroatoms. The Bertz CT molecular complexity index is 347. The highest BCUT2D eigenvalue weighted by Gasteiger charge is 2.08. The zero-order chi connectivity index (χ0) is 14.1. The van der Waals surface area contributed by atoms with E-state index in [4.69, 9.17) is 4.42 Å². The van der Waals surface area contributed by atoms with Gasteiger partial charge in [-0.2, -0.15) is 0 Å². The number of carbonyl (C=O) groups excluding carboxylic acids is 1. The number of nitrogens with one attached hydrogen (secondary N) is 2. The van der Waals surface area contributed by atoms with E-state index in [0.29, 0.717) is 12.5 Å². The SMILES string of the molecule is CC(C)NCCCC(=O)NC(C)CCc1ccco1. The van der Waals surface area contributed by atoms with Crippen LogP contribution in [0.25, 0.3) is 0 Å². The van der Waals surface area contributed by atoms with Gasteiger partial charge in [-0.05, 0) is 38.4 Å². The Morgan fingerprint density at radius 2 is 2.16 bits per heavy atom. The van der Waals surface area contributed by atoms with Crippen molar-refractivity contribution in [2.75, 3.05) is 6.54 Å². The highest BCUT2D eigenvalue weighted by atomic mass is 16.3. The Morgan fingerprint density at radius 3 is 2.79 bits per heavy atom. The second-order valence-electron chi connectivity index (χ2n) is 5.30. The maximum atomic E-state index is 11.7. The van der Waals surface area contributed by atoms with Crippen LogP contribution in [0.5, 0.6) is 0 Å². The fraction of sp³-hybridized carbons (Fsp3) is 0.667. The summed E-state index contributed by atoms with van der Waals surface area (Å²) in [6.45, 7) is 7.15. The standard InChI is InChI=1S/C15H26N2O2/c1-12(2)16-10-4-7-15(18)17-13(3)8-9-14-6-5-11-19-14/h5-6,11-13,16H,4,7-10H2,1-3H3,(H,17,18). The van der Waals surface area contributed by atoms with E-state index in [9.17, 15) is 4.79 Å². The normalized spacial score (nSPS) is 12.6. The summed E-state index contributed by atoms with van der Waals surface area (Å²) in [7, 11) is 0. The van der Waals surface area contributed by atoms with E-state index in [1.165, 1.54) is 0 Å². The molecular weight excluding hydrogens is 240 g/mol. The summed E-state index contributed by atoms with van der Waals surface area (Å²) < 4.78 is 5.27. The molecule has 0 aliphatic carbocycles. The lowest BCUT2D eigenvalue weighted by Gasteiger charge is -2.13. The van der Waals surface area contributed by atoms with Crippen LogP contribution in [-0.2, 0) is 11.2 Å². The van der Waals surface area contributed by atoms with Crippen molar-refractivity contribution in [1.82, 2.24) is 10.6 Å². The largest absolute Gasteiger partial charge is 0.469 e. The van der Waals surface area contributed by atoms with Gasteiger partial charge in [0.15, 0.2) is 0 Å². The molecule has 108 valence electrons. The molecule has 2 N–H and O–H groups in total. The van der Waals surface area contributed by atoms with Gasteiger partial charge in [0.05, 0.1) is 6.26 Å². The predicted octanol–water partition coefficient (Wildman–Crippen LogP) is 2.50. The van der Waals surface area contributed by atoms with Crippen LogP contribution < -0.4 is 10.6 Å². The number of carbonyl (C=O) groups is 1. The summed E-state index contributed by atoms with van der Waals surface area (Å²) in [5.74, 6) is 1.11. The quantitative estimate of drug-likeness (QED) is 0.675. The lowest BCUT2D eigenvalue weighted by molar-refractivity contribution is -0.121. The molecule has 1 aromatic heterocycles. The third-order valence-corrected chi connectivity index (χ3v) is 2.94. The molecule has 0 spiro atoms. The Kier molecular flexibility index (Phi) is 7.26. The first-order valence-electron chi connectivity index (χ1n) is 7.13. The van der Waals surface area contributed by atoms with E-state index < -0.39 is 0 Å². The first-order valence-corrected chi connectivity index (χ1v) is 7.13. The molecule has 0 radical (unpaired) electrons. The monoisotopic (exact) mass is 266 g/mol. The zero-order valence-electron chi connectivity index (χ0n) is 12.2. The summed E-state index contributed by atoms with van der Waals surface area (Å²) in [5, 5.41) is 6.33. The van der Waals surface area contributed by atoms with Crippen LogP contribution >= 0.6 is 0 Å². The molecule has 0 aliphatic rings. The first kappa shape index (κ1) is 15.8. The Hall–Kier alpha value is -1.29. The van der Waals surface area contributed by atoms with E-state index in [1.54, 1.807) is 6.26 Å². The summed E-state index contributed by atoms with van der Waals surface area (Å²) >= 11 is 0. The minimum atomic E-state index is 0.137. The first-order chi connectivity index (χ1) is 9.08. The number of hydrogen-bond acceptors (Lipinski definition) is 3. The van der Waals surface area contributed by atoms with Crippen LogP contribution in [-0.4, -0.2) is 24.5 Å². The lowest BCUT2D eigenvalue weighted by atomic mass is 10.1. The van der Waals surface area contributed by atoms with Crippen LogP contribution in [0.2, 0.25) is 0 Å². The predicted molar refractivity (Wildman–Crippen MR) is 77.0 cm³/mol. The van der Waals surface area contributed by atoms with E-state index in [0.717, 1.165) is 31.6 Å². The molecule has 1 aromatic rings. The van der Waals surface area contributed by atoms with Crippen molar-refractivity contribution in [2.45, 2.75) is 58.5 Å². The van der Waals surface area contributed by atoms with Crippen molar-refractivity contribution in [3.63, 3.8) is 0 Å². The van der Waals surface area contributed by atoms with E-state index in [-0.39, 0.29) is 11.9 Å². The number of rotatable bonds is 9. The van der Waals surface area contributed by atoms with Gasteiger partial charge in [-0.1, -0.05) is 13.8 Å². The molecule has 1 atom stereocenters. The molecule has 1 rings (SSSR count). The van der Waals surface area contributed by atoms with Gasteiger partial charge in [0.1, 0.15) is 5.76 Å². The maximum absolute atomic E-state index is 11.7. The van der Waals surface area contributed by atoms with Crippen LogP contribution in [0.15, 0.2) is 22.8 Å². The Morgan fingerprint density at radius 1 is 1.37 bits per heavy atom. The second kappa shape index (κ2) is 8.75. The van der Waals surface area contributed by atoms with Crippen LogP contribution in [0.3, 0.4) is 0 Å². The van der Waals surface area contributed by atoms with Crippen molar-refractivity contribution in [3.8, 4) is 0 Å². The van der Waals surface area contributed by atoms with Crippen molar-refractivity contribution in [3.05, 3.63) is 24.2 Å². The average molecular weight is 266 g/mol. The van der Waals surface area contributed by atoms with Crippen molar-refractivity contribution >= 4 is 5.91 Å². The van der Waals surface area contributed by atoms with Gasteiger partial charge in [-0.15, -0.1) is 0 Å².